The molecule has 15 heavy (non-hydrogen) atoms. The fraction of sp³-hybridized carbons (Fsp3) is 0.462. The Morgan fingerprint density at radius 1 is 1.07 bits per heavy atom. The summed E-state index contributed by atoms with van der Waals surface area (Å²) in [6.45, 7) is 6.33. The van der Waals surface area contributed by atoms with Gasteiger partial charge in [0.15, 0.2) is 0 Å². The van der Waals surface area contributed by atoms with E-state index in [4.69, 9.17) is 0 Å². The number of likely N-dealkylation sites (N-methyl/N-ethyl adjacent to an activating group) is 1. The zero-order chi connectivity index (χ0) is 9.68. The number of rotatable bonds is 0. The van der Waals surface area contributed by atoms with Crippen LogP contribution in [0.1, 0.15) is 25.0 Å². The molecule has 0 saturated heterocycles. The average Bonchev–Trinajstić information content (AvgIpc) is 2.21. The molecule has 0 aromatic heterocycles. The van der Waals surface area contributed by atoms with E-state index in [2.05, 4.69) is 36.2 Å². The van der Waals surface area contributed by atoms with Gasteiger partial charge in [-0.1, -0.05) is 38.1 Å². The smallest absolute Gasteiger partial charge is 0.0233 e. The molecular formula is C13H22NRe-. The van der Waals surface area contributed by atoms with Crippen LogP contribution in [0.15, 0.2) is 24.3 Å². The van der Waals surface area contributed by atoms with Gasteiger partial charge < -0.3 is 12.3 Å². The molecule has 0 amide bonds. The summed E-state index contributed by atoms with van der Waals surface area (Å²) in [6.07, 6.45) is 1.21. The van der Waals surface area contributed by atoms with Gasteiger partial charge in [0.1, 0.15) is 0 Å². The number of benzene rings is 1. The summed E-state index contributed by atoms with van der Waals surface area (Å²) in [5.41, 5.74) is 3.03. The quantitative estimate of drug-likeness (QED) is 0.627. The van der Waals surface area contributed by atoms with Crippen molar-refractivity contribution >= 4 is 0 Å². The largest absolute Gasteiger partial charge is 0.358 e. The number of hydrogen-bond donors (Lipinski definition) is 0. The van der Waals surface area contributed by atoms with Crippen molar-refractivity contribution in [2.24, 2.45) is 0 Å². The molecule has 0 bridgehead atoms. The summed E-state index contributed by atoms with van der Waals surface area (Å²) >= 11 is 0. The fourth-order valence-corrected chi connectivity index (χ4v) is 1.64. The van der Waals surface area contributed by atoms with Crippen LogP contribution in [0.5, 0.6) is 0 Å². The monoisotopic (exact) mass is 379 g/mol. The second kappa shape index (κ2) is 9.10. The molecule has 0 atom stereocenters. The van der Waals surface area contributed by atoms with E-state index in [9.17, 15) is 0 Å². The Morgan fingerprint density at radius 3 is 2.20 bits per heavy atom. The van der Waals surface area contributed by atoms with Crippen molar-refractivity contribution in [1.29, 1.82) is 0 Å². The maximum Gasteiger partial charge on any atom is 0.0233 e. The molecule has 0 fully saturated rings. The first-order valence-electron chi connectivity index (χ1n) is 5.11. The van der Waals surface area contributed by atoms with E-state index in [1.54, 1.807) is 0 Å². The first-order valence-corrected chi connectivity index (χ1v) is 5.11. The van der Waals surface area contributed by atoms with Crippen LogP contribution < -0.4 is 0 Å². The third kappa shape index (κ3) is 4.93. The minimum atomic E-state index is 0. The van der Waals surface area contributed by atoms with E-state index in [-0.39, 0.29) is 27.8 Å². The van der Waals surface area contributed by atoms with Gasteiger partial charge in [0.05, 0.1) is 0 Å². The van der Waals surface area contributed by atoms with Gasteiger partial charge in [-0.15, -0.1) is 0 Å². The molecule has 0 aliphatic carbocycles. The fourth-order valence-electron chi connectivity index (χ4n) is 1.64. The molecule has 1 nitrogen and oxygen atoms in total. The molecule has 2 rings (SSSR count). The molecule has 2 heteroatoms. The van der Waals surface area contributed by atoms with Crippen LogP contribution in [0, 0.1) is 7.43 Å². The van der Waals surface area contributed by atoms with Crippen molar-refractivity contribution < 1.29 is 20.4 Å². The predicted octanol–water partition coefficient (Wildman–Crippen LogP) is 3.15. The Labute approximate surface area is 109 Å². The number of hydrogen-bond acceptors (Lipinski definition) is 1. The third-order valence-electron chi connectivity index (χ3n) is 2.32. The maximum atomic E-state index is 2.36. The van der Waals surface area contributed by atoms with Gasteiger partial charge in [-0.2, -0.15) is 0 Å². The average molecular weight is 379 g/mol. The van der Waals surface area contributed by atoms with Crippen LogP contribution in [0.25, 0.3) is 0 Å². The molecule has 1 aliphatic rings. The first kappa shape index (κ1) is 17.2. The van der Waals surface area contributed by atoms with Crippen molar-refractivity contribution in [2.45, 2.75) is 26.8 Å². The molecule has 0 N–H and O–H groups in total. The maximum absolute atomic E-state index is 2.36. The van der Waals surface area contributed by atoms with Crippen molar-refractivity contribution in [3.8, 4) is 0 Å². The number of fused-ring (bicyclic) bond motifs is 1. The van der Waals surface area contributed by atoms with Gasteiger partial charge >= 0.3 is 0 Å². The summed E-state index contributed by atoms with van der Waals surface area (Å²) in [7, 11) is 2.18. The van der Waals surface area contributed by atoms with Crippen LogP contribution in [-0.2, 0) is 33.4 Å². The number of nitrogens with zero attached hydrogens (tertiary/aromatic N) is 1. The second-order valence-corrected chi connectivity index (χ2v) is 3.26. The van der Waals surface area contributed by atoms with Crippen LogP contribution in [0.4, 0.5) is 0 Å². The van der Waals surface area contributed by atoms with Gasteiger partial charge in [0.2, 0.25) is 0 Å². The Balaban J connectivity index is 0. The molecule has 0 spiro atoms. The van der Waals surface area contributed by atoms with Crippen molar-refractivity contribution in [3.63, 3.8) is 0 Å². The summed E-state index contributed by atoms with van der Waals surface area (Å²) in [5, 5.41) is 0. The van der Waals surface area contributed by atoms with Gasteiger partial charge in [-0.25, -0.2) is 0 Å². The summed E-state index contributed by atoms with van der Waals surface area (Å²) < 4.78 is 0. The van der Waals surface area contributed by atoms with Gasteiger partial charge in [-0.05, 0) is 24.6 Å². The van der Waals surface area contributed by atoms with Crippen LogP contribution in [0.3, 0.4) is 0 Å². The summed E-state index contributed by atoms with van der Waals surface area (Å²) in [6, 6.07) is 8.72. The molecular weight excluding hydrogens is 356 g/mol. The van der Waals surface area contributed by atoms with Crippen molar-refractivity contribution in [3.05, 3.63) is 42.8 Å². The second-order valence-electron chi connectivity index (χ2n) is 3.26. The van der Waals surface area contributed by atoms with E-state index in [0.29, 0.717) is 0 Å². The zero-order valence-corrected chi connectivity index (χ0v) is 13.0. The molecule has 1 aliphatic heterocycles. The SMILES string of the molecule is CC.CN1CCc2ccccc2C1.[CH3-].[Re]. The Hall–Kier alpha value is -0.158. The minimum absolute atomic E-state index is 0. The molecule has 1 aromatic carbocycles. The molecule has 87 valence electrons. The van der Waals surface area contributed by atoms with Crippen LogP contribution in [0.2, 0.25) is 0 Å². The minimum Gasteiger partial charge on any atom is -0.358 e. The summed E-state index contributed by atoms with van der Waals surface area (Å²) in [4.78, 5) is 2.36. The van der Waals surface area contributed by atoms with Crippen molar-refractivity contribution in [2.75, 3.05) is 13.6 Å². The third-order valence-corrected chi connectivity index (χ3v) is 2.32. The summed E-state index contributed by atoms with van der Waals surface area (Å²) in [5.74, 6) is 0. The topological polar surface area (TPSA) is 3.24 Å². The molecule has 1 radical (unpaired) electrons. The molecule has 0 saturated carbocycles. The molecule has 1 heterocycles. The first-order chi connectivity index (χ1) is 6.36. The standard InChI is InChI=1S/C10H13N.C2H6.CH3.Re/c1-11-7-6-9-4-2-3-5-10(9)8-11;1-2;;/h2-5H,6-8H2,1H3;1-2H3;1H3;/q;;-1;. The van der Waals surface area contributed by atoms with E-state index in [1.165, 1.54) is 24.1 Å². The van der Waals surface area contributed by atoms with E-state index in [1.807, 2.05) is 13.8 Å². The van der Waals surface area contributed by atoms with Crippen LogP contribution >= 0.6 is 0 Å². The predicted molar refractivity (Wildman–Crippen MR) is 64.2 cm³/mol. The molecule has 0 unspecified atom stereocenters. The molecule has 1 aromatic rings. The normalized spacial score (nSPS) is 13.5. The zero-order valence-electron chi connectivity index (χ0n) is 10.3. The van der Waals surface area contributed by atoms with E-state index < -0.39 is 0 Å². The van der Waals surface area contributed by atoms with Gasteiger partial charge in [-0.3, -0.25) is 0 Å². The van der Waals surface area contributed by atoms with Crippen LogP contribution in [-0.4, -0.2) is 18.5 Å². The van der Waals surface area contributed by atoms with Gasteiger partial charge in [0, 0.05) is 33.5 Å². The van der Waals surface area contributed by atoms with E-state index >= 15 is 0 Å². The Kier molecular flexibility index (Phi) is 10.5. The van der Waals surface area contributed by atoms with E-state index in [0.717, 1.165) is 6.54 Å². The Bertz CT molecular complexity index is 260. The van der Waals surface area contributed by atoms with Crippen molar-refractivity contribution in [1.82, 2.24) is 4.90 Å². The van der Waals surface area contributed by atoms with Gasteiger partial charge in [0.25, 0.3) is 0 Å². The Morgan fingerprint density at radius 2 is 1.60 bits per heavy atom.